The smallest absolute Gasteiger partial charge is 0.410 e. The van der Waals surface area contributed by atoms with Gasteiger partial charge in [-0.15, -0.1) is 0 Å². The molecule has 1 aliphatic rings. The van der Waals surface area contributed by atoms with Gasteiger partial charge in [0.25, 0.3) is 0 Å². The van der Waals surface area contributed by atoms with Gasteiger partial charge in [-0.25, -0.2) is 4.79 Å². The molecule has 110 valence electrons. The molecule has 0 aromatic heterocycles. The second kappa shape index (κ2) is 6.94. The highest BCUT2D eigenvalue weighted by atomic mass is 16.6. The molecule has 1 N–H and O–H groups in total. The molecule has 4 heteroatoms. The van der Waals surface area contributed by atoms with Crippen molar-refractivity contribution in [2.75, 3.05) is 19.6 Å². The number of nitrogens with one attached hydrogen (secondary N) is 1. The Kier molecular flexibility index (Phi) is 5.85. The number of carbonyl (C=O) groups is 1. The Labute approximate surface area is 117 Å². The maximum atomic E-state index is 11.9. The molecular formula is C15H28N2O2. The summed E-state index contributed by atoms with van der Waals surface area (Å²) in [7, 11) is 0. The van der Waals surface area contributed by atoms with Crippen LogP contribution in [0.2, 0.25) is 0 Å². The molecule has 1 fully saturated rings. The molecule has 1 saturated heterocycles. The van der Waals surface area contributed by atoms with E-state index in [9.17, 15) is 4.79 Å². The minimum atomic E-state index is -0.407. The molecule has 0 aromatic rings. The van der Waals surface area contributed by atoms with Crippen LogP contribution in [0.25, 0.3) is 0 Å². The molecule has 4 nitrogen and oxygen atoms in total. The third-order valence-electron chi connectivity index (χ3n) is 3.06. The molecule has 0 aromatic carbocycles. The van der Waals surface area contributed by atoms with Gasteiger partial charge >= 0.3 is 6.09 Å². The minimum absolute atomic E-state index is 0.185. The number of allylic oxidation sites excluding steroid dienone is 1. The molecule has 0 radical (unpaired) electrons. The molecule has 0 spiro atoms. The Bertz CT molecular complexity index is 320. The van der Waals surface area contributed by atoms with Crippen LogP contribution in [0.15, 0.2) is 11.6 Å². The number of ether oxygens (including phenoxy) is 1. The van der Waals surface area contributed by atoms with Gasteiger partial charge < -0.3 is 15.0 Å². The quantitative estimate of drug-likeness (QED) is 0.800. The second-order valence-electron chi connectivity index (χ2n) is 6.43. The lowest BCUT2D eigenvalue weighted by Crippen LogP contribution is -2.46. The van der Waals surface area contributed by atoms with Crippen LogP contribution in [0.4, 0.5) is 4.79 Å². The predicted octanol–water partition coefficient (Wildman–Crippen LogP) is 2.94. The van der Waals surface area contributed by atoms with Crippen molar-refractivity contribution in [1.29, 1.82) is 0 Å². The van der Waals surface area contributed by atoms with E-state index in [0.717, 1.165) is 32.5 Å². The van der Waals surface area contributed by atoms with Crippen LogP contribution in [0, 0.1) is 0 Å². The van der Waals surface area contributed by atoms with E-state index >= 15 is 0 Å². The van der Waals surface area contributed by atoms with Crippen LogP contribution in [0.3, 0.4) is 0 Å². The first kappa shape index (κ1) is 16.0. The fourth-order valence-corrected chi connectivity index (χ4v) is 2.02. The third kappa shape index (κ3) is 6.62. The Morgan fingerprint density at radius 2 is 1.89 bits per heavy atom. The molecule has 0 aliphatic carbocycles. The minimum Gasteiger partial charge on any atom is -0.444 e. The summed E-state index contributed by atoms with van der Waals surface area (Å²) in [6, 6.07) is 0.509. The summed E-state index contributed by atoms with van der Waals surface area (Å²) in [5, 5.41) is 3.51. The van der Waals surface area contributed by atoms with Gasteiger partial charge in [-0.1, -0.05) is 11.6 Å². The van der Waals surface area contributed by atoms with E-state index in [-0.39, 0.29) is 6.09 Å². The number of rotatable bonds is 3. The Morgan fingerprint density at radius 3 is 2.37 bits per heavy atom. The zero-order valence-corrected chi connectivity index (χ0v) is 13.0. The van der Waals surface area contributed by atoms with Gasteiger partial charge in [-0.05, 0) is 47.5 Å². The summed E-state index contributed by atoms with van der Waals surface area (Å²) in [4.78, 5) is 13.7. The Balaban J connectivity index is 2.29. The van der Waals surface area contributed by atoms with E-state index in [2.05, 4.69) is 25.2 Å². The number of piperidine rings is 1. The van der Waals surface area contributed by atoms with E-state index in [4.69, 9.17) is 4.74 Å². The van der Waals surface area contributed by atoms with Crippen molar-refractivity contribution in [3.05, 3.63) is 11.6 Å². The standard InChI is InChI=1S/C15H28N2O2/c1-12(2)6-9-16-13-7-10-17(11-8-13)14(18)19-15(3,4)5/h6,13,16H,7-11H2,1-5H3. The summed E-state index contributed by atoms with van der Waals surface area (Å²) in [6.45, 7) is 12.4. The molecule has 19 heavy (non-hydrogen) atoms. The van der Waals surface area contributed by atoms with Crippen molar-refractivity contribution in [1.82, 2.24) is 10.2 Å². The number of likely N-dealkylation sites (tertiary alicyclic amines) is 1. The molecule has 0 saturated carbocycles. The molecule has 0 bridgehead atoms. The highest BCUT2D eigenvalue weighted by molar-refractivity contribution is 5.68. The maximum Gasteiger partial charge on any atom is 0.410 e. The van der Waals surface area contributed by atoms with E-state index in [1.165, 1.54) is 5.57 Å². The van der Waals surface area contributed by atoms with Gasteiger partial charge in [-0.3, -0.25) is 0 Å². The van der Waals surface area contributed by atoms with Gasteiger partial charge in [-0.2, -0.15) is 0 Å². The van der Waals surface area contributed by atoms with Crippen molar-refractivity contribution >= 4 is 6.09 Å². The zero-order chi connectivity index (χ0) is 14.5. The van der Waals surface area contributed by atoms with E-state index in [1.54, 1.807) is 0 Å². The van der Waals surface area contributed by atoms with Crippen molar-refractivity contribution in [2.45, 2.75) is 59.1 Å². The van der Waals surface area contributed by atoms with Crippen LogP contribution in [-0.4, -0.2) is 42.3 Å². The highest BCUT2D eigenvalue weighted by Crippen LogP contribution is 2.15. The van der Waals surface area contributed by atoms with Crippen molar-refractivity contribution in [3.8, 4) is 0 Å². The van der Waals surface area contributed by atoms with Gasteiger partial charge in [0.05, 0.1) is 0 Å². The molecule has 0 atom stereocenters. The number of hydrogen-bond acceptors (Lipinski definition) is 3. The van der Waals surface area contributed by atoms with Crippen LogP contribution in [0.5, 0.6) is 0 Å². The van der Waals surface area contributed by atoms with Crippen molar-refractivity contribution in [2.24, 2.45) is 0 Å². The van der Waals surface area contributed by atoms with Gasteiger partial charge in [0.1, 0.15) is 5.60 Å². The normalized spacial score (nSPS) is 17.2. The first-order valence-electron chi connectivity index (χ1n) is 7.12. The SMILES string of the molecule is CC(C)=CCNC1CCN(C(=O)OC(C)(C)C)CC1. The summed E-state index contributed by atoms with van der Waals surface area (Å²) in [5.74, 6) is 0. The van der Waals surface area contributed by atoms with Crippen molar-refractivity contribution in [3.63, 3.8) is 0 Å². The van der Waals surface area contributed by atoms with Gasteiger partial charge in [0.2, 0.25) is 0 Å². The molecule has 1 rings (SSSR count). The summed E-state index contributed by atoms with van der Waals surface area (Å²) >= 11 is 0. The zero-order valence-electron chi connectivity index (χ0n) is 13.0. The number of amides is 1. The maximum absolute atomic E-state index is 11.9. The summed E-state index contributed by atoms with van der Waals surface area (Å²) in [6.07, 6.45) is 4.00. The van der Waals surface area contributed by atoms with E-state index < -0.39 is 5.60 Å². The lowest BCUT2D eigenvalue weighted by molar-refractivity contribution is 0.0199. The third-order valence-corrected chi connectivity index (χ3v) is 3.06. The predicted molar refractivity (Wildman–Crippen MR) is 78.3 cm³/mol. The van der Waals surface area contributed by atoms with E-state index in [1.807, 2.05) is 25.7 Å². The summed E-state index contributed by atoms with van der Waals surface area (Å²) < 4.78 is 5.38. The molecule has 1 aliphatic heterocycles. The molecule has 0 unspecified atom stereocenters. The number of nitrogens with zero attached hydrogens (tertiary/aromatic N) is 1. The monoisotopic (exact) mass is 268 g/mol. The van der Waals surface area contributed by atoms with Gasteiger partial charge in [0, 0.05) is 25.7 Å². The fourth-order valence-electron chi connectivity index (χ4n) is 2.02. The Morgan fingerprint density at radius 1 is 1.32 bits per heavy atom. The lowest BCUT2D eigenvalue weighted by Gasteiger charge is -2.33. The molecule has 1 amide bonds. The topological polar surface area (TPSA) is 41.6 Å². The number of carbonyl (C=O) groups excluding carboxylic acids is 1. The number of hydrogen-bond donors (Lipinski definition) is 1. The van der Waals surface area contributed by atoms with Gasteiger partial charge in [0.15, 0.2) is 0 Å². The fraction of sp³-hybridized carbons (Fsp3) is 0.800. The van der Waals surface area contributed by atoms with Crippen LogP contribution >= 0.6 is 0 Å². The van der Waals surface area contributed by atoms with Crippen LogP contribution in [0.1, 0.15) is 47.5 Å². The first-order valence-corrected chi connectivity index (χ1v) is 7.12. The molecule has 1 heterocycles. The van der Waals surface area contributed by atoms with Crippen molar-refractivity contribution < 1.29 is 9.53 Å². The summed E-state index contributed by atoms with van der Waals surface area (Å²) in [5.41, 5.74) is 0.925. The molecular weight excluding hydrogens is 240 g/mol. The largest absolute Gasteiger partial charge is 0.444 e. The first-order chi connectivity index (χ1) is 8.78. The highest BCUT2D eigenvalue weighted by Gasteiger charge is 2.26. The second-order valence-corrected chi connectivity index (χ2v) is 6.43. The average molecular weight is 268 g/mol. The lowest BCUT2D eigenvalue weighted by atomic mass is 10.1. The van der Waals surface area contributed by atoms with Crippen LogP contribution < -0.4 is 5.32 Å². The Hall–Kier alpha value is -1.03. The van der Waals surface area contributed by atoms with E-state index in [0.29, 0.717) is 6.04 Å². The average Bonchev–Trinajstić information content (AvgIpc) is 2.27. The van der Waals surface area contributed by atoms with Crippen LogP contribution in [-0.2, 0) is 4.74 Å².